The van der Waals surface area contributed by atoms with Crippen molar-refractivity contribution in [1.29, 1.82) is 0 Å². The van der Waals surface area contributed by atoms with Crippen LogP contribution in [-0.2, 0) is 23.8 Å². The third-order valence-corrected chi connectivity index (χ3v) is 17.7. The van der Waals surface area contributed by atoms with E-state index in [1.807, 2.05) is 6.08 Å². The molecule has 7 atom stereocenters. The second kappa shape index (κ2) is 64.4. The molecule has 1 aliphatic heterocycles. The lowest BCUT2D eigenvalue weighted by Crippen LogP contribution is -2.60. The van der Waals surface area contributed by atoms with E-state index in [1.54, 1.807) is 6.08 Å². The van der Waals surface area contributed by atoms with Gasteiger partial charge in [-0.3, -0.25) is 9.59 Å². The highest BCUT2D eigenvalue weighted by Gasteiger charge is 2.44. The van der Waals surface area contributed by atoms with E-state index in [4.69, 9.17) is 14.2 Å². The Kier molecular flexibility index (Phi) is 61.3. The summed E-state index contributed by atoms with van der Waals surface area (Å²) in [6.45, 7) is 4.36. The fourth-order valence-corrected chi connectivity index (χ4v) is 11.9. The Morgan fingerprint density at radius 2 is 0.779 bits per heavy atom. The van der Waals surface area contributed by atoms with Gasteiger partial charge in [0.25, 0.3) is 0 Å². The quantitative estimate of drug-likeness (QED) is 0.0195. The second-order valence-electron chi connectivity index (χ2n) is 26.0. The van der Waals surface area contributed by atoms with Crippen LogP contribution in [0.1, 0.15) is 367 Å². The van der Waals surface area contributed by atoms with Crippen molar-refractivity contribution in [2.45, 2.75) is 410 Å². The summed E-state index contributed by atoms with van der Waals surface area (Å²) in [5.74, 6) is -0.166. The summed E-state index contributed by atoms with van der Waals surface area (Å²) in [5, 5.41) is 54.4. The maximum atomic E-state index is 13.0. The van der Waals surface area contributed by atoms with Crippen LogP contribution in [0.5, 0.6) is 0 Å². The van der Waals surface area contributed by atoms with Gasteiger partial charge in [0.05, 0.1) is 32.0 Å². The molecule has 0 aromatic rings. The number of unbranched alkanes of at least 4 members (excludes halogenated alkanes) is 48. The smallest absolute Gasteiger partial charge is 0.305 e. The number of carbonyl (C=O) groups excluding carboxylic acids is 2. The first kappa shape index (κ1) is 81.9. The van der Waals surface area contributed by atoms with Crippen LogP contribution in [0.3, 0.4) is 0 Å². The largest absolute Gasteiger partial charge is 0.466 e. The molecule has 0 bridgehead atoms. The minimum absolute atomic E-state index is 0.0126. The highest BCUT2D eigenvalue weighted by Crippen LogP contribution is 2.23. The number of esters is 1. The Morgan fingerprint density at radius 1 is 0.430 bits per heavy atom. The van der Waals surface area contributed by atoms with Gasteiger partial charge in [0.15, 0.2) is 6.29 Å². The van der Waals surface area contributed by atoms with E-state index in [-0.39, 0.29) is 18.5 Å². The Bertz CT molecular complexity index is 1520. The lowest BCUT2D eigenvalue weighted by atomic mass is 9.99. The fourth-order valence-electron chi connectivity index (χ4n) is 11.9. The molecule has 86 heavy (non-hydrogen) atoms. The Morgan fingerprint density at radius 3 is 1.17 bits per heavy atom. The lowest BCUT2D eigenvalue weighted by molar-refractivity contribution is -0.302. The van der Waals surface area contributed by atoms with Gasteiger partial charge in [-0.1, -0.05) is 326 Å². The highest BCUT2D eigenvalue weighted by atomic mass is 16.7. The minimum Gasteiger partial charge on any atom is -0.466 e. The number of nitrogens with one attached hydrogen (secondary N) is 1. The first-order chi connectivity index (χ1) is 42.2. The molecule has 0 aliphatic carbocycles. The predicted octanol–water partition coefficient (Wildman–Crippen LogP) is 19.4. The summed E-state index contributed by atoms with van der Waals surface area (Å²) in [6, 6.07) is -0.807. The molecule has 1 fully saturated rings. The Balaban J connectivity index is 1.91. The molecule has 0 spiro atoms. The van der Waals surface area contributed by atoms with E-state index >= 15 is 0 Å². The molecule has 0 aromatic heterocycles. The Hall–Kier alpha value is -2.12. The molecule has 1 heterocycles. The summed E-state index contributed by atoms with van der Waals surface area (Å²) in [7, 11) is 0. The molecule has 1 aliphatic rings. The van der Waals surface area contributed by atoms with Gasteiger partial charge in [-0.25, -0.2) is 0 Å². The van der Waals surface area contributed by atoms with Gasteiger partial charge in [-0.2, -0.15) is 0 Å². The SMILES string of the molecule is CCCCCCCCCC/C=C/C(O)C(COC1OC(CO)C(O)C(O)C1O)NC(=O)CCCCCCCCCCCCCCCCCCC/C=C\C/C=C\CCCCCCCCCCCCCCCOC(=O)CCCCCCCCCCCCC. The van der Waals surface area contributed by atoms with Crippen LogP contribution >= 0.6 is 0 Å². The maximum absolute atomic E-state index is 13.0. The van der Waals surface area contributed by atoms with Gasteiger partial charge in [-0.15, -0.1) is 0 Å². The van der Waals surface area contributed by atoms with E-state index in [0.29, 0.717) is 19.4 Å². The zero-order chi connectivity index (χ0) is 62.3. The van der Waals surface area contributed by atoms with Crippen molar-refractivity contribution in [3.05, 3.63) is 36.5 Å². The number of aliphatic hydroxyl groups excluding tert-OH is 5. The van der Waals surface area contributed by atoms with Crippen LogP contribution in [-0.4, -0.2) is 100 Å². The third kappa shape index (κ3) is 52.6. The minimum atomic E-state index is -1.57. The van der Waals surface area contributed by atoms with Crippen LogP contribution in [0, 0.1) is 0 Å². The summed E-state index contributed by atoms with van der Waals surface area (Å²) in [6.07, 6.45) is 73.1. The molecule has 1 saturated heterocycles. The van der Waals surface area contributed by atoms with E-state index in [9.17, 15) is 35.1 Å². The summed E-state index contributed by atoms with van der Waals surface area (Å²) in [4.78, 5) is 25.1. The van der Waals surface area contributed by atoms with Crippen molar-refractivity contribution in [1.82, 2.24) is 5.32 Å². The molecule has 11 heteroatoms. The fraction of sp³-hybridized carbons (Fsp3) is 0.893. The zero-order valence-corrected chi connectivity index (χ0v) is 56.3. The average molecular weight is 1220 g/mol. The molecule has 7 unspecified atom stereocenters. The maximum Gasteiger partial charge on any atom is 0.305 e. The van der Waals surface area contributed by atoms with Gasteiger partial charge in [0, 0.05) is 12.8 Å². The number of allylic oxidation sites excluding steroid dienone is 5. The normalized spacial score (nSPS) is 18.1. The number of ether oxygens (including phenoxy) is 3. The number of rotatable bonds is 66. The monoisotopic (exact) mass is 1220 g/mol. The summed E-state index contributed by atoms with van der Waals surface area (Å²) in [5.41, 5.74) is 0. The van der Waals surface area contributed by atoms with Crippen molar-refractivity contribution in [3.8, 4) is 0 Å². The number of hydrogen-bond donors (Lipinski definition) is 6. The molecule has 1 rings (SSSR count). The molecule has 6 N–H and O–H groups in total. The first-order valence-electron chi connectivity index (χ1n) is 37.3. The van der Waals surface area contributed by atoms with Crippen LogP contribution in [0.15, 0.2) is 36.5 Å². The van der Waals surface area contributed by atoms with Crippen molar-refractivity contribution in [2.75, 3.05) is 19.8 Å². The number of carbonyl (C=O) groups is 2. The summed E-state index contributed by atoms with van der Waals surface area (Å²) >= 11 is 0. The van der Waals surface area contributed by atoms with Gasteiger partial charge in [-0.05, 0) is 64.2 Å². The van der Waals surface area contributed by atoms with Crippen LogP contribution in [0.25, 0.3) is 0 Å². The van der Waals surface area contributed by atoms with E-state index in [0.717, 1.165) is 57.8 Å². The van der Waals surface area contributed by atoms with Crippen molar-refractivity contribution < 1.29 is 49.3 Å². The molecule has 0 saturated carbocycles. The topological polar surface area (TPSA) is 175 Å². The van der Waals surface area contributed by atoms with Crippen LogP contribution < -0.4 is 5.32 Å². The van der Waals surface area contributed by atoms with Gasteiger partial charge >= 0.3 is 5.97 Å². The second-order valence-corrected chi connectivity index (χ2v) is 26.0. The molecular weight excluding hydrogens is 1070 g/mol. The van der Waals surface area contributed by atoms with Crippen molar-refractivity contribution in [3.63, 3.8) is 0 Å². The molecule has 506 valence electrons. The van der Waals surface area contributed by atoms with E-state index in [1.165, 1.54) is 283 Å². The summed E-state index contributed by atoms with van der Waals surface area (Å²) < 4.78 is 16.7. The number of amides is 1. The molecule has 0 aromatic carbocycles. The van der Waals surface area contributed by atoms with Crippen LogP contribution in [0.2, 0.25) is 0 Å². The van der Waals surface area contributed by atoms with Gasteiger partial charge in [0.1, 0.15) is 24.4 Å². The third-order valence-electron chi connectivity index (χ3n) is 17.7. The molecule has 1 amide bonds. The lowest BCUT2D eigenvalue weighted by Gasteiger charge is -2.40. The zero-order valence-electron chi connectivity index (χ0n) is 56.3. The molecular formula is C75H141NO10. The van der Waals surface area contributed by atoms with E-state index < -0.39 is 49.5 Å². The first-order valence-corrected chi connectivity index (χ1v) is 37.3. The van der Waals surface area contributed by atoms with Crippen LogP contribution in [0.4, 0.5) is 0 Å². The molecule has 0 radical (unpaired) electrons. The Labute approximate surface area is 530 Å². The average Bonchev–Trinajstić information content (AvgIpc) is 3.72. The van der Waals surface area contributed by atoms with Gasteiger partial charge in [0.2, 0.25) is 5.91 Å². The van der Waals surface area contributed by atoms with Crippen molar-refractivity contribution >= 4 is 11.9 Å². The highest BCUT2D eigenvalue weighted by molar-refractivity contribution is 5.76. The predicted molar refractivity (Wildman–Crippen MR) is 361 cm³/mol. The number of hydrogen-bond acceptors (Lipinski definition) is 10. The van der Waals surface area contributed by atoms with Gasteiger partial charge < -0.3 is 45.1 Å². The van der Waals surface area contributed by atoms with E-state index in [2.05, 4.69) is 43.5 Å². The standard InChI is InChI=1S/C75H141NO10/c1-3-5-7-9-11-13-42-47-51-55-59-63-71(80)84-64-60-56-52-48-44-41-39-37-35-33-31-29-27-25-23-21-19-17-15-16-18-20-22-24-26-28-30-32-34-36-38-40-43-46-50-54-58-62-70(79)76-67(66-85-75-74(83)73(82)72(81)69(65-77)86-75)68(78)61-57-53-49-45-14-12-10-8-6-4-2/h15,17,21,23,57,61,67-69,72-75,77-78,81-83H,3-14,16,18-20,22,24-56,58-60,62-66H2,1-2H3,(H,76,79)/b17-15-,23-21-,61-57+. The van der Waals surface area contributed by atoms with Crippen molar-refractivity contribution in [2.24, 2.45) is 0 Å². The number of aliphatic hydroxyl groups is 5. The molecule has 11 nitrogen and oxygen atoms in total.